The highest BCUT2D eigenvalue weighted by molar-refractivity contribution is 7.98. The Morgan fingerprint density at radius 2 is 1.96 bits per heavy atom. The molecule has 26 heavy (non-hydrogen) atoms. The number of benzene rings is 1. The molecule has 0 saturated heterocycles. The molecular formula is C15H18F4N4O2S. The quantitative estimate of drug-likeness (QED) is 0.598. The van der Waals surface area contributed by atoms with Crippen LogP contribution in [0.15, 0.2) is 23.4 Å². The van der Waals surface area contributed by atoms with E-state index in [1.807, 2.05) is 0 Å². The number of rotatable bonds is 5. The predicted octanol–water partition coefficient (Wildman–Crippen LogP) is 2.86. The number of aromatic nitrogens is 3. The van der Waals surface area contributed by atoms with Gasteiger partial charge in [-0.15, -0.1) is 10.2 Å². The van der Waals surface area contributed by atoms with Crippen LogP contribution in [0.5, 0.6) is 0 Å². The maximum atomic E-state index is 13.5. The average Bonchev–Trinajstić information content (AvgIpc) is 2.84. The predicted molar refractivity (Wildman–Crippen MR) is 88.0 cm³/mol. The van der Waals surface area contributed by atoms with Crippen molar-refractivity contribution in [3.05, 3.63) is 41.0 Å². The molecule has 0 atom stereocenters. The molecule has 0 aliphatic rings. The van der Waals surface area contributed by atoms with Crippen molar-refractivity contribution in [2.75, 3.05) is 6.54 Å². The molecule has 0 saturated carbocycles. The number of nitrogens with zero attached hydrogens (tertiary/aromatic N) is 3. The molecule has 144 valence electrons. The van der Waals surface area contributed by atoms with E-state index in [1.54, 1.807) is 11.6 Å². The zero-order valence-corrected chi connectivity index (χ0v) is 14.9. The zero-order valence-electron chi connectivity index (χ0n) is 14.0. The third-order valence-corrected chi connectivity index (χ3v) is 4.09. The van der Waals surface area contributed by atoms with Crippen molar-refractivity contribution in [3.63, 3.8) is 0 Å². The highest BCUT2D eigenvalue weighted by Gasteiger charge is 2.33. The van der Waals surface area contributed by atoms with Crippen molar-refractivity contribution in [1.29, 1.82) is 0 Å². The van der Waals surface area contributed by atoms with Gasteiger partial charge in [-0.2, -0.15) is 13.2 Å². The summed E-state index contributed by atoms with van der Waals surface area (Å²) in [6.45, 7) is 1.53. The number of thioether (sulfide) groups is 1. The number of hydrogen-bond donors (Lipinski definition) is 2. The van der Waals surface area contributed by atoms with Gasteiger partial charge in [-0.25, -0.2) is 4.39 Å². The smallest absolute Gasteiger partial charge is 0.419 e. The standard InChI is InChI=1S/C13H14F4N4S.C2H4O2/c1-21-11(4-5-18)19-20-12(21)22-7-8-2-3-9(10(14)6-8)13(15,16)17;1-2(3)4/h2-3,6H,4-5,7,18H2,1H3;1H3,(H,3,4). The van der Waals surface area contributed by atoms with Gasteiger partial charge in [0.05, 0.1) is 5.56 Å². The molecule has 3 N–H and O–H groups in total. The molecule has 1 aromatic heterocycles. The first-order chi connectivity index (χ1) is 12.1. The van der Waals surface area contributed by atoms with Crippen LogP contribution >= 0.6 is 11.8 Å². The first kappa shape index (κ1) is 21.9. The minimum atomic E-state index is -4.68. The van der Waals surface area contributed by atoms with Crippen LogP contribution in [0.3, 0.4) is 0 Å². The Morgan fingerprint density at radius 3 is 2.46 bits per heavy atom. The molecule has 0 radical (unpaired) electrons. The van der Waals surface area contributed by atoms with E-state index in [1.165, 1.54) is 17.8 Å². The van der Waals surface area contributed by atoms with Gasteiger partial charge in [0, 0.05) is 26.1 Å². The second-order valence-electron chi connectivity index (χ2n) is 5.12. The number of carbonyl (C=O) groups is 1. The first-order valence-electron chi connectivity index (χ1n) is 7.32. The fourth-order valence-electron chi connectivity index (χ4n) is 1.84. The van der Waals surface area contributed by atoms with Gasteiger partial charge >= 0.3 is 6.18 Å². The van der Waals surface area contributed by atoms with Gasteiger partial charge in [-0.3, -0.25) is 4.79 Å². The van der Waals surface area contributed by atoms with Gasteiger partial charge < -0.3 is 15.4 Å². The number of alkyl halides is 3. The fourth-order valence-corrected chi connectivity index (χ4v) is 2.72. The van der Waals surface area contributed by atoms with Crippen LogP contribution in [-0.4, -0.2) is 32.4 Å². The van der Waals surface area contributed by atoms with E-state index >= 15 is 0 Å². The Kier molecular flexibility index (Phi) is 8.03. The number of aliphatic carboxylic acids is 1. The average molecular weight is 394 g/mol. The van der Waals surface area contributed by atoms with Crippen molar-refractivity contribution in [2.45, 2.75) is 30.4 Å². The normalized spacial score (nSPS) is 11.0. The summed E-state index contributed by atoms with van der Waals surface area (Å²) >= 11 is 1.27. The van der Waals surface area contributed by atoms with E-state index in [4.69, 9.17) is 15.6 Å². The van der Waals surface area contributed by atoms with Crippen LogP contribution in [0.4, 0.5) is 17.6 Å². The molecule has 0 amide bonds. The van der Waals surface area contributed by atoms with Crippen LogP contribution < -0.4 is 5.73 Å². The summed E-state index contributed by atoms with van der Waals surface area (Å²) in [6.07, 6.45) is -4.10. The lowest BCUT2D eigenvalue weighted by Crippen LogP contribution is -2.08. The maximum Gasteiger partial charge on any atom is 0.419 e. The lowest BCUT2D eigenvalue weighted by molar-refractivity contribution is -0.140. The molecule has 0 fully saturated rings. The van der Waals surface area contributed by atoms with Gasteiger partial charge in [0.2, 0.25) is 0 Å². The molecule has 0 spiro atoms. The van der Waals surface area contributed by atoms with E-state index in [2.05, 4.69) is 10.2 Å². The van der Waals surface area contributed by atoms with Crippen LogP contribution in [-0.2, 0) is 30.2 Å². The van der Waals surface area contributed by atoms with Crippen molar-refractivity contribution in [3.8, 4) is 0 Å². The summed E-state index contributed by atoms with van der Waals surface area (Å²) in [6, 6.07) is 2.91. The van der Waals surface area contributed by atoms with Crippen LogP contribution in [0.2, 0.25) is 0 Å². The second kappa shape index (κ2) is 9.53. The Morgan fingerprint density at radius 1 is 1.35 bits per heavy atom. The fraction of sp³-hybridized carbons (Fsp3) is 0.400. The minimum Gasteiger partial charge on any atom is -0.481 e. The molecule has 0 aliphatic heterocycles. The van der Waals surface area contributed by atoms with E-state index in [9.17, 15) is 17.6 Å². The Bertz CT molecular complexity index is 746. The largest absolute Gasteiger partial charge is 0.481 e. The van der Waals surface area contributed by atoms with Gasteiger partial charge in [-0.1, -0.05) is 17.8 Å². The summed E-state index contributed by atoms with van der Waals surface area (Å²) in [4.78, 5) is 9.00. The van der Waals surface area contributed by atoms with Crippen molar-refractivity contribution < 1.29 is 27.5 Å². The summed E-state index contributed by atoms with van der Waals surface area (Å²) in [5.41, 5.74) is 4.63. The Hall–Kier alpha value is -2.14. The third kappa shape index (κ3) is 6.64. The van der Waals surface area contributed by atoms with E-state index in [0.717, 1.165) is 24.9 Å². The van der Waals surface area contributed by atoms with Crippen molar-refractivity contribution in [2.24, 2.45) is 12.8 Å². The number of halogens is 4. The Balaban J connectivity index is 0.000000765. The summed E-state index contributed by atoms with van der Waals surface area (Å²) in [5, 5.41) is 16.0. The van der Waals surface area contributed by atoms with Gasteiger partial charge in [0.25, 0.3) is 5.97 Å². The first-order valence-corrected chi connectivity index (χ1v) is 8.31. The molecule has 1 aromatic carbocycles. The van der Waals surface area contributed by atoms with E-state index in [-0.39, 0.29) is 0 Å². The van der Waals surface area contributed by atoms with Crippen LogP contribution in [0.25, 0.3) is 0 Å². The van der Waals surface area contributed by atoms with Gasteiger partial charge in [-0.05, 0) is 24.2 Å². The highest BCUT2D eigenvalue weighted by Crippen LogP contribution is 2.32. The molecule has 6 nitrogen and oxygen atoms in total. The van der Waals surface area contributed by atoms with Gasteiger partial charge in [0.15, 0.2) is 5.16 Å². The summed E-state index contributed by atoms with van der Waals surface area (Å²) < 4.78 is 52.7. The lowest BCUT2D eigenvalue weighted by atomic mass is 10.1. The molecule has 2 rings (SSSR count). The SMILES string of the molecule is CC(=O)O.Cn1c(CCN)nnc1SCc1ccc(C(F)(F)F)c(F)c1. The monoisotopic (exact) mass is 394 g/mol. The van der Waals surface area contributed by atoms with Crippen molar-refractivity contribution in [1.82, 2.24) is 14.8 Å². The topological polar surface area (TPSA) is 94.0 Å². The number of carboxylic acid groups (broad SMARTS) is 1. The Labute approximate surface area is 151 Å². The molecule has 1 heterocycles. The molecule has 0 unspecified atom stereocenters. The highest BCUT2D eigenvalue weighted by atomic mass is 32.2. The van der Waals surface area contributed by atoms with Crippen LogP contribution in [0, 0.1) is 5.82 Å². The molecular weight excluding hydrogens is 376 g/mol. The molecule has 0 bridgehead atoms. The molecule has 11 heteroatoms. The third-order valence-electron chi connectivity index (χ3n) is 3.00. The van der Waals surface area contributed by atoms with E-state index in [0.29, 0.717) is 29.4 Å². The summed E-state index contributed by atoms with van der Waals surface area (Å²) in [7, 11) is 1.78. The lowest BCUT2D eigenvalue weighted by Gasteiger charge is -2.09. The number of hydrogen-bond acceptors (Lipinski definition) is 5. The van der Waals surface area contributed by atoms with Gasteiger partial charge in [0.1, 0.15) is 11.6 Å². The number of carboxylic acids is 1. The molecule has 2 aromatic rings. The van der Waals surface area contributed by atoms with Crippen LogP contribution in [0.1, 0.15) is 23.9 Å². The van der Waals surface area contributed by atoms with Crippen molar-refractivity contribution >= 4 is 17.7 Å². The van der Waals surface area contributed by atoms with E-state index < -0.39 is 23.5 Å². The maximum absolute atomic E-state index is 13.5. The zero-order chi connectivity index (χ0) is 19.9. The molecule has 0 aliphatic carbocycles. The second-order valence-corrected chi connectivity index (χ2v) is 6.06. The minimum absolute atomic E-state index is 0.295. The summed E-state index contributed by atoms with van der Waals surface area (Å²) in [5.74, 6) is -1.08. The number of nitrogens with two attached hydrogens (primary N) is 1.